The predicted octanol–water partition coefficient (Wildman–Crippen LogP) is 4.85. The van der Waals surface area contributed by atoms with Crippen LogP contribution in [0.15, 0.2) is 24.3 Å². The van der Waals surface area contributed by atoms with E-state index in [0.717, 1.165) is 29.4 Å². The Morgan fingerprint density at radius 2 is 1.95 bits per heavy atom. The van der Waals surface area contributed by atoms with E-state index in [-0.39, 0.29) is 0 Å². The Morgan fingerprint density at radius 1 is 1.24 bits per heavy atom. The molecule has 0 fully saturated rings. The summed E-state index contributed by atoms with van der Waals surface area (Å²) in [5, 5.41) is 8.88. The Labute approximate surface area is 132 Å². The van der Waals surface area contributed by atoms with Crippen LogP contribution in [0.4, 0.5) is 5.69 Å². The maximum Gasteiger partial charge on any atom is 0.0868 e. The molecule has 3 nitrogen and oxygen atoms in total. The van der Waals surface area contributed by atoms with Gasteiger partial charge in [-0.15, -0.1) is 0 Å². The molecule has 21 heavy (non-hydrogen) atoms. The predicted molar refractivity (Wildman–Crippen MR) is 90.1 cm³/mol. The SMILES string of the molecule is CCc1nn(CC)c(CNc2ccccc2C(C)C)c1Cl. The van der Waals surface area contributed by atoms with Crippen LogP contribution in [0.1, 0.15) is 50.6 Å². The fourth-order valence-corrected chi connectivity index (χ4v) is 2.86. The molecule has 0 amide bonds. The third-order valence-electron chi connectivity index (χ3n) is 3.72. The van der Waals surface area contributed by atoms with Crippen molar-refractivity contribution in [1.29, 1.82) is 0 Å². The molecular formula is C17H24ClN3. The van der Waals surface area contributed by atoms with E-state index in [4.69, 9.17) is 11.6 Å². The number of anilines is 1. The van der Waals surface area contributed by atoms with Crippen molar-refractivity contribution in [2.24, 2.45) is 0 Å². The summed E-state index contributed by atoms with van der Waals surface area (Å²) in [6.45, 7) is 10.1. The molecule has 1 aromatic heterocycles. The molecule has 1 N–H and O–H groups in total. The van der Waals surface area contributed by atoms with Crippen LogP contribution >= 0.6 is 11.6 Å². The molecule has 0 bridgehead atoms. The lowest BCUT2D eigenvalue weighted by atomic mass is 10.0. The molecular weight excluding hydrogens is 282 g/mol. The van der Waals surface area contributed by atoms with Crippen LogP contribution in [0.2, 0.25) is 5.02 Å². The second-order valence-electron chi connectivity index (χ2n) is 5.47. The van der Waals surface area contributed by atoms with Crippen molar-refractivity contribution >= 4 is 17.3 Å². The molecule has 4 heteroatoms. The van der Waals surface area contributed by atoms with Crippen molar-refractivity contribution in [3.05, 3.63) is 46.2 Å². The Balaban J connectivity index is 2.23. The van der Waals surface area contributed by atoms with Crippen LogP contribution in [-0.4, -0.2) is 9.78 Å². The highest BCUT2D eigenvalue weighted by molar-refractivity contribution is 6.31. The van der Waals surface area contributed by atoms with Crippen LogP contribution in [0, 0.1) is 0 Å². The highest BCUT2D eigenvalue weighted by Gasteiger charge is 2.14. The standard InChI is InChI=1S/C17H24ClN3/c1-5-14-17(18)16(21(6-2)20-14)11-19-15-10-8-7-9-13(15)12(3)4/h7-10,12,19H,5-6,11H2,1-4H3. The van der Waals surface area contributed by atoms with Crippen molar-refractivity contribution < 1.29 is 0 Å². The van der Waals surface area contributed by atoms with Crippen LogP contribution in [0.3, 0.4) is 0 Å². The van der Waals surface area contributed by atoms with Gasteiger partial charge >= 0.3 is 0 Å². The molecule has 1 heterocycles. The average molecular weight is 306 g/mol. The lowest BCUT2D eigenvalue weighted by Crippen LogP contribution is -2.09. The first-order valence-electron chi connectivity index (χ1n) is 7.65. The minimum absolute atomic E-state index is 0.492. The summed E-state index contributed by atoms with van der Waals surface area (Å²) in [6.07, 6.45) is 0.863. The number of nitrogens with one attached hydrogen (secondary N) is 1. The highest BCUT2D eigenvalue weighted by atomic mass is 35.5. The van der Waals surface area contributed by atoms with E-state index in [1.165, 1.54) is 11.3 Å². The first-order chi connectivity index (χ1) is 10.1. The number of aromatic nitrogens is 2. The maximum absolute atomic E-state index is 6.45. The zero-order chi connectivity index (χ0) is 15.4. The molecule has 0 aliphatic rings. The van der Waals surface area contributed by atoms with Crippen molar-refractivity contribution in [3.8, 4) is 0 Å². The summed E-state index contributed by atoms with van der Waals surface area (Å²) < 4.78 is 1.99. The maximum atomic E-state index is 6.45. The summed E-state index contributed by atoms with van der Waals surface area (Å²) >= 11 is 6.45. The van der Waals surface area contributed by atoms with Crippen LogP contribution in [-0.2, 0) is 19.5 Å². The van der Waals surface area contributed by atoms with Gasteiger partial charge in [0.25, 0.3) is 0 Å². The van der Waals surface area contributed by atoms with E-state index in [1.54, 1.807) is 0 Å². The van der Waals surface area contributed by atoms with E-state index in [2.05, 4.69) is 62.4 Å². The fraction of sp³-hybridized carbons (Fsp3) is 0.471. The van der Waals surface area contributed by atoms with Gasteiger partial charge in [0.15, 0.2) is 0 Å². The van der Waals surface area contributed by atoms with Gasteiger partial charge in [0.1, 0.15) is 0 Å². The van der Waals surface area contributed by atoms with Crippen LogP contribution in [0.25, 0.3) is 0 Å². The number of halogens is 1. The lowest BCUT2D eigenvalue weighted by Gasteiger charge is -2.15. The highest BCUT2D eigenvalue weighted by Crippen LogP contribution is 2.26. The third kappa shape index (κ3) is 3.41. The molecule has 0 unspecified atom stereocenters. The number of para-hydroxylation sites is 1. The summed E-state index contributed by atoms with van der Waals surface area (Å²) in [4.78, 5) is 0. The zero-order valence-electron chi connectivity index (χ0n) is 13.3. The number of rotatable bonds is 6. The minimum atomic E-state index is 0.492. The molecule has 0 saturated carbocycles. The topological polar surface area (TPSA) is 29.9 Å². The van der Waals surface area contributed by atoms with Gasteiger partial charge in [-0.25, -0.2) is 0 Å². The second-order valence-corrected chi connectivity index (χ2v) is 5.85. The van der Waals surface area contributed by atoms with E-state index >= 15 is 0 Å². The number of hydrogen-bond acceptors (Lipinski definition) is 2. The second kappa shape index (κ2) is 6.99. The fourth-order valence-electron chi connectivity index (χ4n) is 2.53. The van der Waals surface area contributed by atoms with Crippen molar-refractivity contribution in [2.45, 2.75) is 53.1 Å². The van der Waals surface area contributed by atoms with Crippen LogP contribution in [0.5, 0.6) is 0 Å². The lowest BCUT2D eigenvalue weighted by molar-refractivity contribution is 0.619. The largest absolute Gasteiger partial charge is 0.379 e. The Bertz CT molecular complexity index is 602. The van der Waals surface area contributed by atoms with E-state index in [1.807, 2.05) is 4.68 Å². The van der Waals surface area contributed by atoms with Gasteiger partial charge in [-0.2, -0.15) is 5.10 Å². The number of nitrogens with zero attached hydrogens (tertiary/aromatic N) is 2. The molecule has 0 aliphatic heterocycles. The minimum Gasteiger partial charge on any atom is -0.379 e. The molecule has 0 radical (unpaired) electrons. The molecule has 0 aliphatic carbocycles. The number of aryl methyl sites for hydroxylation is 2. The van der Waals surface area contributed by atoms with Gasteiger partial charge in [-0.05, 0) is 30.9 Å². The van der Waals surface area contributed by atoms with E-state index in [0.29, 0.717) is 12.5 Å². The zero-order valence-corrected chi connectivity index (χ0v) is 14.0. The summed E-state index contributed by atoms with van der Waals surface area (Å²) in [7, 11) is 0. The quantitative estimate of drug-likeness (QED) is 0.826. The first kappa shape index (κ1) is 15.9. The molecule has 1 aromatic carbocycles. The number of benzene rings is 1. The van der Waals surface area contributed by atoms with Gasteiger partial charge in [0.05, 0.1) is 23.0 Å². The molecule has 114 valence electrons. The van der Waals surface area contributed by atoms with Gasteiger partial charge in [-0.3, -0.25) is 4.68 Å². The molecule has 2 rings (SSSR count). The molecule has 0 spiro atoms. The van der Waals surface area contributed by atoms with E-state index in [9.17, 15) is 0 Å². The molecule has 2 aromatic rings. The van der Waals surface area contributed by atoms with E-state index < -0.39 is 0 Å². The van der Waals surface area contributed by atoms with Crippen molar-refractivity contribution in [2.75, 3.05) is 5.32 Å². The monoisotopic (exact) mass is 305 g/mol. The van der Waals surface area contributed by atoms with Crippen molar-refractivity contribution in [1.82, 2.24) is 9.78 Å². The van der Waals surface area contributed by atoms with Gasteiger partial charge in [0, 0.05) is 12.2 Å². The normalized spacial score (nSPS) is 11.1. The third-order valence-corrected chi connectivity index (χ3v) is 4.16. The van der Waals surface area contributed by atoms with Gasteiger partial charge in [0.2, 0.25) is 0 Å². The Hall–Kier alpha value is -1.48. The first-order valence-corrected chi connectivity index (χ1v) is 8.03. The van der Waals surface area contributed by atoms with Gasteiger partial charge < -0.3 is 5.32 Å². The number of hydrogen-bond donors (Lipinski definition) is 1. The summed E-state index contributed by atoms with van der Waals surface area (Å²) in [5.41, 5.74) is 4.54. The molecule has 0 atom stereocenters. The van der Waals surface area contributed by atoms with Crippen LogP contribution < -0.4 is 5.32 Å². The summed E-state index contributed by atoms with van der Waals surface area (Å²) in [6, 6.07) is 8.43. The smallest absolute Gasteiger partial charge is 0.0868 e. The van der Waals surface area contributed by atoms with Crippen molar-refractivity contribution in [3.63, 3.8) is 0 Å². The average Bonchev–Trinajstić information content (AvgIpc) is 2.80. The molecule has 0 saturated heterocycles. The summed E-state index contributed by atoms with van der Waals surface area (Å²) in [5.74, 6) is 0.492. The van der Waals surface area contributed by atoms with Gasteiger partial charge in [-0.1, -0.05) is 50.6 Å². The Morgan fingerprint density at radius 3 is 2.57 bits per heavy atom. The Kier molecular flexibility index (Phi) is 5.29.